The predicted octanol–water partition coefficient (Wildman–Crippen LogP) is 21.9. The Kier molecular flexibility index (Phi) is 65.6. The first-order valence-electron chi connectivity index (χ1n) is 38.8. The molecule has 0 bridgehead atoms. The molecule has 3 N–H and O–H groups in total. The smallest absolute Gasteiger partial charge is 0.462 e. The molecule has 0 aliphatic carbocycles. The number of rotatable bonds is 73. The van der Waals surface area contributed by atoms with Gasteiger partial charge in [-0.05, 0) is 63.2 Å². The van der Waals surface area contributed by atoms with Crippen molar-refractivity contribution in [3.05, 3.63) is 24.3 Å². The number of carbonyl (C=O) groups is 4. The van der Waals surface area contributed by atoms with Gasteiger partial charge in [-0.1, -0.05) is 316 Å². The normalized spacial score (nSPS) is 14.5. The Labute approximate surface area is 580 Å². The molecule has 6 atom stereocenters. The first-order chi connectivity index (χ1) is 45.9. The van der Waals surface area contributed by atoms with Crippen LogP contribution >= 0.6 is 15.6 Å². The van der Waals surface area contributed by atoms with Gasteiger partial charge in [-0.15, -0.1) is 0 Å². The van der Waals surface area contributed by atoms with Crippen molar-refractivity contribution in [2.75, 3.05) is 39.6 Å². The van der Waals surface area contributed by atoms with Crippen LogP contribution in [0.3, 0.4) is 0 Å². The maximum absolute atomic E-state index is 13.1. The molecule has 0 radical (unpaired) electrons. The number of hydrogen-bond donors (Lipinski definition) is 3. The van der Waals surface area contributed by atoms with Gasteiger partial charge in [-0.3, -0.25) is 37.3 Å². The molecule has 0 saturated carbocycles. The van der Waals surface area contributed by atoms with Crippen molar-refractivity contribution in [3.8, 4) is 0 Å². The van der Waals surface area contributed by atoms with E-state index in [0.29, 0.717) is 25.7 Å². The third-order valence-corrected chi connectivity index (χ3v) is 19.3. The first-order valence-corrected chi connectivity index (χ1v) is 41.8. The number of hydrogen-bond acceptors (Lipinski definition) is 15. The van der Waals surface area contributed by atoms with Crippen LogP contribution in [0.5, 0.6) is 0 Å². The fraction of sp³-hybridized carbons (Fsp3) is 0.895. The Morgan fingerprint density at radius 1 is 0.347 bits per heavy atom. The van der Waals surface area contributed by atoms with Crippen LogP contribution in [0.15, 0.2) is 24.3 Å². The lowest BCUT2D eigenvalue weighted by Crippen LogP contribution is -2.30. The van der Waals surface area contributed by atoms with Gasteiger partial charge in [0.05, 0.1) is 26.4 Å². The summed E-state index contributed by atoms with van der Waals surface area (Å²) in [6.07, 6.45) is 57.6. The number of carbonyl (C=O) groups excluding carboxylic acids is 4. The first kappa shape index (κ1) is 92.5. The molecule has 0 fully saturated rings. The van der Waals surface area contributed by atoms with Crippen LogP contribution in [0.4, 0.5) is 0 Å². The molecule has 0 aromatic carbocycles. The third-order valence-electron chi connectivity index (χ3n) is 17.4. The van der Waals surface area contributed by atoms with E-state index in [1.807, 2.05) is 0 Å². The molecular weight excluding hydrogens is 1250 g/mol. The topological polar surface area (TPSA) is 237 Å². The molecule has 0 aromatic heterocycles. The highest BCUT2D eigenvalue weighted by molar-refractivity contribution is 7.47. The Balaban J connectivity index is 5.28. The van der Waals surface area contributed by atoms with E-state index in [-0.39, 0.29) is 25.7 Å². The molecule has 17 nitrogen and oxygen atoms in total. The minimum absolute atomic E-state index is 0.101. The van der Waals surface area contributed by atoms with Crippen molar-refractivity contribution in [2.24, 2.45) is 11.8 Å². The largest absolute Gasteiger partial charge is 0.472 e. The van der Waals surface area contributed by atoms with Gasteiger partial charge in [0.1, 0.15) is 19.3 Å². The van der Waals surface area contributed by atoms with Crippen LogP contribution in [0.25, 0.3) is 0 Å². The number of unbranched alkanes of at least 4 members (excludes halogenated alkanes) is 39. The van der Waals surface area contributed by atoms with Crippen LogP contribution in [0.2, 0.25) is 0 Å². The average molecular weight is 1390 g/mol. The lowest BCUT2D eigenvalue weighted by molar-refractivity contribution is -0.161. The highest BCUT2D eigenvalue weighted by Gasteiger charge is 2.30. The van der Waals surface area contributed by atoms with Gasteiger partial charge in [-0.25, -0.2) is 9.13 Å². The fourth-order valence-corrected chi connectivity index (χ4v) is 12.7. The van der Waals surface area contributed by atoms with Crippen LogP contribution < -0.4 is 0 Å². The van der Waals surface area contributed by atoms with Gasteiger partial charge >= 0.3 is 39.5 Å². The molecule has 0 spiro atoms. The summed E-state index contributed by atoms with van der Waals surface area (Å²) in [4.78, 5) is 72.8. The van der Waals surface area contributed by atoms with Crippen LogP contribution in [0, 0.1) is 11.8 Å². The van der Waals surface area contributed by atoms with Crippen molar-refractivity contribution < 1.29 is 80.2 Å². The van der Waals surface area contributed by atoms with Gasteiger partial charge in [0.2, 0.25) is 0 Å². The van der Waals surface area contributed by atoms with Crippen molar-refractivity contribution in [2.45, 2.75) is 387 Å². The molecule has 95 heavy (non-hydrogen) atoms. The van der Waals surface area contributed by atoms with Crippen molar-refractivity contribution in [1.82, 2.24) is 0 Å². The second-order valence-electron chi connectivity index (χ2n) is 27.4. The minimum atomic E-state index is -4.96. The fourth-order valence-electron chi connectivity index (χ4n) is 11.1. The summed E-state index contributed by atoms with van der Waals surface area (Å²) in [5, 5.41) is 10.6. The van der Waals surface area contributed by atoms with E-state index in [1.54, 1.807) is 0 Å². The summed E-state index contributed by atoms with van der Waals surface area (Å²) >= 11 is 0. The number of aliphatic hydroxyl groups is 1. The van der Waals surface area contributed by atoms with E-state index < -0.39 is 97.5 Å². The summed E-state index contributed by atoms with van der Waals surface area (Å²) in [6.45, 7) is 9.55. The summed E-state index contributed by atoms with van der Waals surface area (Å²) in [5.74, 6) is -0.568. The average Bonchev–Trinajstić information content (AvgIpc) is 2.88. The highest BCUT2D eigenvalue weighted by Crippen LogP contribution is 2.45. The van der Waals surface area contributed by atoms with E-state index >= 15 is 0 Å². The number of esters is 4. The zero-order valence-electron chi connectivity index (χ0n) is 61.5. The number of ether oxygens (including phenoxy) is 4. The van der Waals surface area contributed by atoms with Gasteiger partial charge in [0.15, 0.2) is 12.2 Å². The molecule has 0 rings (SSSR count). The zero-order valence-corrected chi connectivity index (χ0v) is 63.2. The number of phosphoric acid groups is 2. The lowest BCUT2D eigenvalue weighted by atomic mass is 9.99. The van der Waals surface area contributed by atoms with Gasteiger partial charge in [-0.2, -0.15) is 0 Å². The summed E-state index contributed by atoms with van der Waals surface area (Å²) < 4.78 is 68.5. The maximum atomic E-state index is 13.1. The SMILES string of the molecule is CCCCCC/C=C\C=C/CCCCCCCC(=O)OC[C@H](COP(=O)(O)OC[C@@H](O)COP(=O)(O)OC[C@@H](COC(=O)CCCCCCCCCCCC)OC(=O)CCCCCCCCCCCC(C)C)OC(=O)CCCCCCCCCCCCCCCCC(C)CC. The number of phosphoric ester groups is 2. The predicted molar refractivity (Wildman–Crippen MR) is 386 cm³/mol. The van der Waals surface area contributed by atoms with Crippen LogP contribution in [-0.2, 0) is 65.4 Å². The molecule has 0 aliphatic heterocycles. The molecule has 0 aromatic rings. The van der Waals surface area contributed by atoms with E-state index in [9.17, 15) is 43.2 Å². The maximum Gasteiger partial charge on any atom is 0.472 e. The Morgan fingerprint density at radius 3 is 0.947 bits per heavy atom. The number of aliphatic hydroxyl groups excluding tert-OH is 1. The van der Waals surface area contributed by atoms with E-state index in [1.165, 1.54) is 167 Å². The van der Waals surface area contributed by atoms with Gasteiger partial charge < -0.3 is 33.8 Å². The summed E-state index contributed by atoms with van der Waals surface area (Å²) in [7, 11) is -9.92. The monoisotopic (exact) mass is 1390 g/mol. The number of allylic oxidation sites excluding steroid dienone is 4. The molecule has 19 heteroatoms. The van der Waals surface area contributed by atoms with Crippen molar-refractivity contribution in [1.29, 1.82) is 0 Å². The Bertz CT molecular complexity index is 1930. The third kappa shape index (κ3) is 68.5. The summed E-state index contributed by atoms with van der Waals surface area (Å²) in [5.41, 5.74) is 0. The quantitative estimate of drug-likeness (QED) is 0.0169. The highest BCUT2D eigenvalue weighted by atomic mass is 31.2. The lowest BCUT2D eigenvalue weighted by Gasteiger charge is -2.21. The van der Waals surface area contributed by atoms with E-state index in [4.69, 9.17) is 37.0 Å². The van der Waals surface area contributed by atoms with Crippen LogP contribution in [-0.4, -0.2) is 96.7 Å². The van der Waals surface area contributed by atoms with Gasteiger partial charge in [0.25, 0.3) is 0 Å². The van der Waals surface area contributed by atoms with Gasteiger partial charge in [0, 0.05) is 25.7 Å². The van der Waals surface area contributed by atoms with Crippen molar-refractivity contribution >= 4 is 39.5 Å². The second-order valence-corrected chi connectivity index (χ2v) is 30.3. The summed E-state index contributed by atoms with van der Waals surface area (Å²) in [6, 6.07) is 0. The second kappa shape index (κ2) is 67.4. The van der Waals surface area contributed by atoms with Crippen molar-refractivity contribution in [3.63, 3.8) is 0 Å². The molecule has 3 unspecified atom stereocenters. The molecule has 0 heterocycles. The molecule has 0 saturated heterocycles. The minimum Gasteiger partial charge on any atom is -0.462 e. The van der Waals surface area contributed by atoms with E-state index in [2.05, 4.69) is 65.8 Å². The molecular formula is C76H144O17P2. The molecule has 0 aliphatic rings. The van der Waals surface area contributed by atoms with E-state index in [0.717, 1.165) is 121 Å². The Morgan fingerprint density at radius 2 is 0.621 bits per heavy atom. The molecule has 560 valence electrons. The zero-order chi connectivity index (χ0) is 70.0. The van der Waals surface area contributed by atoms with Crippen LogP contribution in [0.1, 0.15) is 369 Å². The standard InChI is InChI=1S/C76H144O17P2/c1-7-10-12-14-16-18-20-21-22-26-29-35-41-47-53-59-74(79)87-65-71(92-75(80)60-54-48-42-36-30-27-24-23-25-28-33-39-45-51-57-69(6)9-3)66-90-94(82,83)88-62-70(77)63-89-95(84,85)91-67-72(64-86-73(78)58-52-46-40-34-19-17-15-13-11-8-2)93-76(81)61-55-49-43-37-31-32-38-44-50-56-68(4)5/h18,20-22,68-72,77H,7-17,19,23-67H2,1-6H3,(H,82,83)(H,84,85)/b20-18-,22-21-/t69?,70-,71-,72-/m1/s1. The molecule has 0 amide bonds. The Hall–Kier alpha value is -2.46.